The first-order valence-corrected chi connectivity index (χ1v) is 15.9. The zero-order chi connectivity index (χ0) is 11.5. The minimum atomic E-state index is -2.03. The van der Waals surface area contributed by atoms with E-state index in [2.05, 4.69) is 21.4 Å². The summed E-state index contributed by atoms with van der Waals surface area (Å²) in [5.41, 5.74) is 0. The van der Waals surface area contributed by atoms with Crippen LogP contribution >= 0.6 is 0 Å². The summed E-state index contributed by atoms with van der Waals surface area (Å²) >= 11 is -2.03. The van der Waals surface area contributed by atoms with Gasteiger partial charge in [0, 0.05) is 0 Å². The van der Waals surface area contributed by atoms with Gasteiger partial charge in [-0.25, -0.2) is 0 Å². The molecule has 0 aromatic carbocycles. The summed E-state index contributed by atoms with van der Waals surface area (Å²) in [7, 11) is 0. The summed E-state index contributed by atoms with van der Waals surface area (Å²) in [5.74, 6) is 0.311. The van der Waals surface area contributed by atoms with Gasteiger partial charge in [0.25, 0.3) is 0 Å². The maximum atomic E-state index is 12.0. The van der Waals surface area contributed by atoms with E-state index in [0.717, 1.165) is 13.1 Å². The second kappa shape index (κ2) is 5.37. The van der Waals surface area contributed by atoms with Crippen molar-refractivity contribution < 1.29 is 4.79 Å². The SMILES string of the molecule is C=[C](CC(=O)N1CCCCC1)[Sn]([CH3])([CH3])[CH3]. The van der Waals surface area contributed by atoms with Crippen molar-refractivity contribution in [2.75, 3.05) is 13.1 Å². The molecule has 1 fully saturated rings. The third-order valence-electron chi connectivity index (χ3n) is 3.13. The second-order valence-corrected chi connectivity index (χ2v) is 20.3. The first-order chi connectivity index (χ1) is 6.91. The molecule has 1 saturated heterocycles. The van der Waals surface area contributed by atoms with Crippen molar-refractivity contribution >= 4 is 24.3 Å². The molecule has 0 atom stereocenters. The molecule has 86 valence electrons. The number of hydrogen-bond acceptors (Lipinski definition) is 1. The molecule has 1 heterocycles. The topological polar surface area (TPSA) is 20.3 Å². The molecule has 2 nitrogen and oxygen atoms in total. The van der Waals surface area contributed by atoms with E-state index < -0.39 is 18.4 Å². The van der Waals surface area contributed by atoms with Gasteiger partial charge in [-0.1, -0.05) is 0 Å². The number of carbonyl (C=O) groups excluding carboxylic acids is 1. The van der Waals surface area contributed by atoms with Crippen LogP contribution in [-0.2, 0) is 4.79 Å². The fraction of sp³-hybridized carbons (Fsp3) is 0.750. The van der Waals surface area contributed by atoms with Crippen LogP contribution in [0.1, 0.15) is 25.7 Å². The standard InChI is InChI=1S/C9H14NO.3CH3.Sn/c1-2-6-9(11)10-7-4-3-5-8-10;;;;/h1,3-8H2;3*1H3;. The van der Waals surface area contributed by atoms with Crippen molar-refractivity contribution in [2.24, 2.45) is 0 Å². The van der Waals surface area contributed by atoms with Gasteiger partial charge >= 0.3 is 97.7 Å². The van der Waals surface area contributed by atoms with Crippen LogP contribution in [0.2, 0.25) is 14.8 Å². The first-order valence-electron chi connectivity index (χ1n) is 5.87. The molecule has 3 heteroatoms. The zero-order valence-electron chi connectivity index (χ0n) is 10.3. The molecular weight excluding hydrogens is 293 g/mol. The van der Waals surface area contributed by atoms with Crippen LogP contribution < -0.4 is 0 Å². The van der Waals surface area contributed by atoms with Gasteiger partial charge in [0.1, 0.15) is 0 Å². The Bertz CT molecular complexity index is 249. The van der Waals surface area contributed by atoms with Crippen molar-refractivity contribution in [3.8, 4) is 0 Å². The van der Waals surface area contributed by atoms with Crippen LogP contribution in [0.3, 0.4) is 0 Å². The number of rotatable bonds is 3. The molecule has 1 aliphatic heterocycles. The monoisotopic (exact) mass is 317 g/mol. The molecule has 0 aliphatic carbocycles. The predicted molar refractivity (Wildman–Crippen MR) is 67.5 cm³/mol. The fourth-order valence-electron chi connectivity index (χ4n) is 1.70. The van der Waals surface area contributed by atoms with Crippen molar-refractivity contribution in [1.29, 1.82) is 0 Å². The molecule has 0 aromatic heterocycles. The Morgan fingerprint density at radius 3 is 2.20 bits per heavy atom. The predicted octanol–water partition coefficient (Wildman–Crippen LogP) is 2.82. The van der Waals surface area contributed by atoms with E-state index in [1.165, 1.54) is 22.9 Å². The summed E-state index contributed by atoms with van der Waals surface area (Å²) in [5, 5.41) is 0. The van der Waals surface area contributed by atoms with E-state index in [4.69, 9.17) is 0 Å². The summed E-state index contributed by atoms with van der Waals surface area (Å²) < 4.78 is 1.25. The fourth-order valence-corrected chi connectivity index (χ4v) is 3.65. The van der Waals surface area contributed by atoms with Gasteiger partial charge in [-0.3, -0.25) is 0 Å². The number of likely N-dealkylation sites (tertiary alicyclic amines) is 1. The van der Waals surface area contributed by atoms with Crippen LogP contribution in [0, 0.1) is 0 Å². The summed E-state index contributed by atoms with van der Waals surface area (Å²) in [6.45, 7) is 6.03. The average molecular weight is 316 g/mol. The normalized spacial score (nSPS) is 17.7. The molecule has 1 rings (SSSR count). The van der Waals surface area contributed by atoms with Crippen molar-refractivity contribution in [3.05, 3.63) is 10.2 Å². The van der Waals surface area contributed by atoms with Crippen LogP contribution in [0.15, 0.2) is 10.2 Å². The van der Waals surface area contributed by atoms with E-state index in [-0.39, 0.29) is 0 Å². The quantitative estimate of drug-likeness (QED) is 0.733. The molecule has 0 saturated carbocycles. The van der Waals surface area contributed by atoms with Gasteiger partial charge in [0.2, 0.25) is 0 Å². The van der Waals surface area contributed by atoms with Gasteiger partial charge in [-0.05, 0) is 0 Å². The third-order valence-corrected chi connectivity index (χ3v) is 9.69. The van der Waals surface area contributed by atoms with Crippen LogP contribution in [0.4, 0.5) is 0 Å². The number of hydrogen-bond donors (Lipinski definition) is 0. The van der Waals surface area contributed by atoms with E-state index in [1.54, 1.807) is 0 Å². The van der Waals surface area contributed by atoms with Gasteiger partial charge in [-0.2, -0.15) is 0 Å². The molecule has 0 unspecified atom stereocenters. The number of piperidine rings is 1. The van der Waals surface area contributed by atoms with E-state index in [1.807, 2.05) is 4.90 Å². The van der Waals surface area contributed by atoms with Crippen LogP contribution in [0.5, 0.6) is 0 Å². The molecule has 0 bridgehead atoms. The summed E-state index contributed by atoms with van der Waals surface area (Å²) in [4.78, 5) is 20.9. The van der Waals surface area contributed by atoms with E-state index >= 15 is 0 Å². The summed E-state index contributed by atoms with van der Waals surface area (Å²) in [6.07, 6.45) is 4.25. The van der Waals surface area contributed by atoms with Crippen LogP contribution in [0.25, 0.3) is 0 Å². The molecule has 0 radical (unpaired) electrons. The first kappa shape index (κ1) is 13.1. The van der Waals surface area contributed by atoms with E-state index in [0.29, 0.717) is 12.3 Å². The van der Waals surface area contributed by atoms with Crippen LogP contribution in [-0.4, -0.2) is 42.3 Å². The Hall–Kier alpha value is 0.00870. The summed E-state index contributed by atoms with van der Waals surface area (Å²) in [6, 6.07) is 0. The Morgan fingerprint density at radius 2 is 1.73 bits per heavy atom. The molecule has 1 aliphatic rings. The third kappa shape index (κ3) is 4.17. The Morgan fingerprint density at radius 1 is 1.20 bits per heavy atom. The second-order valence-electron chi connectivity index (χ2n) is 5.47. The number of amides is 1. The Balaban J connectivity index is 2.44. The Kier molecular flexibility index (Phi) is 4.68. The average Bonchev–Trinajstić information content (AvgIpc) is 2.17. The molecule has 0 N–H and O–H groups in total. The molecule has 1 amide bonds. The molecule has 15 heavy (non-hydrogen) atoms. The van der Waals surface area contributed by atoms with Gasteiger partial charge in [-0.15, -0.1) is 0 Å². The number of carbonyl (C=O) groups is 1. The van der Waals surface area contributed by atoms with Gasteiger partial charge in [0.05, 0.1) is 0 Å². The number of nitrogens with zero attached hydrogens (tertiary/aromatic N) is 1. The van der Waals surface area contributed by atoms with Crippen molar-refractivity contribution in [1.82, 2.24) is 4.90 Å². The van der Waals surface area contributed by atoms with Crippen molar-refractivity contribution in [3.63, 3.8) is 0 Å². The molecule has 0 spiro atoms. The van der Waals surface area contributed by atoms with Crippen molar-refractivity contribution in [2.45, 2.75) is 40.5 Å². The maximum absolute atomic E-state index is 12.0. The Labute approximate surface area is 97.6 Å². The van der Waals surface area contributed by atoms with Gasteiger partial charge in [0.15, 0.2) is 0 Å². The van der Waals surface area contributed by atoms with E-state index in [9.17, 15) is 4.79 Å². The van der Waals surface area contributed by atoms with Gasteiger partial charge < -0.3 is 0 Å². The minimum absolute atomic E-state index is 0.311. The zero-order valence-corrected chi connectivity index (χ0v) is 13.2. The molecule has 0 aromatic rings. The molecular formula is C12H23NOSn.